The molecule has 2 aliphatic rings. The molecule has 3 aromatic carbocycles. The molecule has 2 heterocycles. The second kappa shape index (κ2) is 11.4. The summed E-state index contributed by atoms with van der Waals surface area (Å²) < 4.78 is 34.4. The highest BCUT2D eigenvalue weighted by atomic mass is 19.1. The van der Waals surface area contributed by atoms with Gasteiger partial charge in [-0.25, -0.2) is 9.18 Å². The van der Waals surface area contributed by atoms with E-state index in [9.17, 15) is 9.18 Å². The maximum absolute atomic E-state index is 13.2. The highest BCUT2D eigenvalue weighted by Crippen LogP contribution is 2.36. The molecule has 2 aliphatic heterocycles. The second-order valence-electron chi connectivity index (χ2n) is 7.97. The molecule has 3 aromatic rings. The van der Waals surface area contributed by atoms with Crippen LogP contribution in [0.15, 0.2) is 72.8 Å². The van der Waals surface area contributed by atoms with Crippen LogP contribution < -0.4 is 30.0 Å². The van der Waals surface area contributed by atoms with E-state index < -0.39 is 6.09 Å². The lowest BCUT2D eigenvalue weighted by Crippen LogP contribution is -2.38. The topological polar surface area (TPSA) is 92.0 Å². The van der Waals surface area contributed by atoms with Crippen molar-refractivity contribution in [3.05, 3.63) is 84.2 Å². The van der Waals surface area contributed by atoms with E-state index in [4.69, 9.17) is 19.9 Å². The Kier molecular flexibility index (Phi) is 7.83. The number of nitrogens with one attached hydrogen (secondary N) is 1. The van der Waals surface area contributed by atoms with E-state index >= 15 is 0 Å². The van der Waals surface area contributed by atoms with Gasteiger partial charge in [0.25, 0.3) is 0 Å². The van der Waals surface area contributed by atoms with Gasteiger partial charge in [0, 0.05) is 18.5 Å². The molecule has 5 rings (SSSR count). The van der Waals surface area contributed by atoms with Gasteiger partial charge in [-0.1, -0.05) is 30.3 Å². The summed E-state index contributed by atoms with van der Waals surface area (Å²) in [6, 6.07) is 21.1. The van der Waals surface area contributed by atoms with Crippen LogP contribution in [0.1, 0.15) is 17.9 Å². The van der Waals surface area contributed by atoms with Crippen molar-refractivity contribution in [2.75, 3.05) is 26.5 Å². The second-order valence-corrected chi connectivity index (χ2v) is 7.97. The maximum Gasteiger partial charge on any atom is 0.409 e. The smallest absolute Gasteiger partial charge is 0.409 e. The van der Waals surface area contributed by atoms with Gasteiger partial charge in [-0.2, -0.15) is 0 Å². The Bertz CT molecular complexity index is 1080. The average molecular weight is 467 g/mol. The quantitative estimate of drug-likeness (QED) is 0.577. The monoisotopic (exact) mass is 466 g/mol. The lowest BCUT2D eigenvalue weighted by atomic mass is 9.81. The first-order valence-electron chi connectivity index (χ1n) is 11.1. The third-order valence-corrected chi connectivity index (χ3v) is 5.68. The van der Waals surface area contributed by atoms with Gasteiger partial charge in [-0.15, -0.1) is 0 Å². The van der Waals surface area contributed by atoms with Gasteiger partial charge >= 0.3 is 6.09 Å². The molecule has 0 spiro atoms. The zero-order valence-corrected chi connectivity index (χ0v) is 18.6. The summed E-state index contributed by atoms with van der Waals surface area (Å²) in [6.45, 7) is 2.74. The van der Waals surface area contributed by atoms with Crippen LogP contribution >= 0.6 is 0 Å². The van der Waals surface area contributed by atoms with Crippen molar-refractivity contribution < 1.29 is 28.1 Å². The van der Waals surface area contributed by atoms with E-state index in [1.165, 1.54) is 17.7 Å². The van der Waals surface area contributed by atoms with Crippen LogP contribution in [-0.2, 0) is 0 Å². The summed E-state index contributed by atoms with van der Waals surface area (Å²) in [5.74, 6) is 3.25. The summed E-state index contributed by atoms with van der Waals surface area (Å²) in [6.07, 6.45) is 0.243. The fourth-order valence-corrected chi connectivity index (χ4v) is 4.02. The highest BCUT2D eigenvalue weighted by Gasteiger charge is 2.27. The summed E-state index contributed by atoms with van der Waals surface area (Å²) in [5, 5.41) is 3.43. The fraction of sp³-hybridized carbons (Fsp3) is 0.269. The zero-order chi connectivity index (χ0) is 23.8. The largest absolute Gasteiger partial charge is 0.493 e. The Hall–Kier alpha value is -3.78. The number of para-hydroxylation sites is 1. The molecule has 3 N–H and O–H groups in total. The minimum absolute atomic E-state index is 0.194. The Morgan fingerprint density at radius 3 is 2.53 bits per heavy atom. The van der Waals surface area contributed by atoms with Crippen molar-refractivity contribution in [1.82, 2.24) is 5.32 Å². The van der Waals surface area contributed by atoms with Crippen LogP contribution in [0.5, 0.6) is 23.0 Å². The van der Waals surface area contributed by atoms with E-state index in [0.29, 0.717) is 24.2 Å². The molecule has 1 saturated heterocycles. The van der Waals surface area contributed by atoms with Gasteiger partial charge in [-0.05, 0) is 60.8 Å². The minimum atomic E-state index is -0.786. The van der Waals surface area contributed by atoms with Crippen LogP contribution in [0.2, 0.25) is 0 Å². The third-order valence-electron chi connectivity index (χ3n) is 5.68. The lowest BCUT2D eigenvalue weighted by molar-refractivity contribution is 0.173. The Balaban J connectivity index is 0.000000231. The van der Waals surface area contributed by atoms with Crippen molar-refractivity contribution in [3.8, 4) is 23.0 Å². The van der Waals surface area contributed by atoms with Gasteiger partial charge in [0.1, 0.15) is 17.3 Å². The summed E-state index contributed by atoms with van der Waals surface area (Å²) in [7, 11) is 0. The molecule has 1 fully saturated rings. The zero-order valence-electron chi connectivity index (χ0n) is 18.6. The van der Waals surface area contributed by atoms with E-state index in [1.54, 1.807) is 24.3 Å². The molecular formula is C26H27FN2O5. The number of hydrogen-bond donors (Lipinski definition) is 2. The molecule has 0 aromatic heterocycles. The van der Waals surface area contributed by atoms with E-state index in [0.717, 1.165) is 36.8 Å². The van der Waals surface area contributed by atoms with Crippen LogP contribution in [0.25, 0.3) is 0 Å². The fourth-order valence-electron chi connectivity index (χ4n) is 4.02. The maximum atomic E-state index is 13.2. The Morgan fingerprint density at radius 2 is 1.76 bits per heavy atom. The van der Waals surface area contributed by atoms with Gasteiger partial charge in [0.2, 0.25) is 6.79 Å². The standard InChI is InChI=1S/C19H20FNO3.C7H7NO2/c20-15-3-1-13(2-4-15)17-7-8-21-10-14(17)11-22-16-5-6-18-19(9-16)24-12-23-18;8-7(9)10-6-4-2-1-3-5-6/h1-6,9,14,17,21H,7-8,10-12H2;1-5H,(H2,8,9)/t14-,17-;/m0./s1. The van der Waals surface area contributed by atoms with Crippen molar-refractivity contribution in [2.45, 2.75) is 12.3 Å². The summed E-state index contributed by atoms with van der Waals surface area (Å²) >= 11 is 0. The number of ether oxygens (including phenoxy) is 4. The predicted octanol–water partition coefficient (Wildman–Crippen LogP) is 4.47. The minimum Gasteiger partial charge on any atom is -0.493 e. The van der Waals surface area contributed by atoms with Crippen molar-refractivity contribution >= 4 is 6.09 Å². The van der Waals surface area contributed by atoms with Gasteiger partial charge in [-0.3, -0.25) is 0 Å². The summed E-state index contributed by atoms with van der Waals surface area (Å²) in [5.41, 5.74) is 5.94. The molecule has 34 heavy (non-hydrogen) atoms. The number of fused-ring (bicyclic) bond motifs is 1. The van der Waals surface area contributed by atoms with Crippen LogP contribution in [0, 0.1) is 11.7 Å². The number of amides is 1. The van der Waals surface area contributed by atoms with Crippen LogP contribution in [0.3, 0.4) is 0 Å². The highest BCUT2D eigenvalue weighted by molar-refractivity contribution is 5.67. The number of halogens is 1. The molecule has 1 amide bonds. The van der Waals surface area contributed by atoms with Crippen LogP contribution in [0.4, 0.5) is 9.18 Å². The van der Waals surface area contributed by atoms with Gasteiger partial charge < -0.3 is 30.0 Å². The van der Waals surface area contributed by atoms with E-state index in [-0.39, 0.29) is 12.6 Å². The number of carbonyl (C=O) groups excluding carboxylic acids is 1. The van der Waals surface area contributed by atoms with Crippen molar-refractivity contribution in [1.29, 1.82) is 0 Å². The lowest BCUT2D eigenvalue weighted by Gasteiger charge is -2.32. The SMILES string of the molecule is Fc1ccc([C@@H]2CCNC[C@H]2COc2ccc3c(c2)OCO3)cc1.NC(=O)Oc1ccccc1. The number of carbonyl (C=O) groups is 1. The molecule has 0 aliphatic carbocycles. The average Bonchev–Trinajstić information content (AvgIpc) is 3.32. The van der Waals surface area contributed by atoms with Crippen molar-refractivity contribution in [2.24, 2.45) is 11.7 Å². The van der Waals surface area contributed by atoms with Crippen molar-refractivity contribution in [3.63, 3.8) is 0 Å². The molecule has 0 saturated carbocycles. The number of piperidine rings is 1. The third kappa shape index (κ3) is 6.39. The first-order valence-corrected chi connectivity index (χ1v) is 11.1. The Morgan fingerprint density at radius 1 is 1.00 bits per heavy atom. The van der Waals surface area contributed by atoms with Crippen LogP contribution in [-0.4, -0.2) is 32.6 Å². The number of primary amides is 1. The molecule has 7 nitrogen and oxygen atoms in total. The number of hydrogen-bond acceptors (Lipinski definition) is 6. The summed E-state index contributed by atoms with van der Waals surface area (Å²) in [4.78, 5) is 10.2. The molecule has 0 unspecified atom stereocenters. The number of nitrogens with two attached hydrogens (primary N) is 1. The first kappa shape index (κ1) is 23.4. The number of benzene rings is 3. The van der Waals surface area contributed by atoms with E-state index in [2.05, 4.69) is 10.1 Å². The Labute approximate surface area is 197 Å². The molecule has 8 heteroatoms. The van der Waals surface area contributed by atoms with Gasteiger partial charge in [0.15, 0.2) is 11.5 Å². The molecule has 178 valence electrons. The van der Waals surface area contributed by atoms with E-state index in [1.807, 2.05) is 36.4 Å². The normalized spacial score (nSPS) is 18.4. The molecular weight excluding hydrogens is 439 g/mol. The number of rotatable bonds is 5. The van der Waals surface area contributed by atoms with Gasteiger partial charge in [0.05, 0.1) is 6.61 Å². The molecule has 0 radical (unpaired) electrons. The first-order chi connectivity index (χ1) is 16.6. The molecule has 0 bridgehead atoms. The predicted molar refractivity (Wildman–Crippen MR) is 125 cm³/mol. The molecule has 2 atom stereocenters.